The number of rotatable bonds is 9. The van der Waals surface area contributed by atoms with Crippen LogP contribution in [0.15, 0.2) is 30.2 Å². The van der Waals surface area contributed by atoms with Gasteiger partial charge in [-0.25, -0.2) is 23.2 Å². The summed E-state index contributed by atoms with van der Waals surface area (Å²) >= 11 is 6.41. The Labute approximate surface area is 233 Å². The fourth-order valence-electron chi connectivity index (χ4n) is 4.98. The largest absolute Gasteiger partial charge is 0.488 e. The van der Waals surface area contributed by atoms with Crippen molar-refractivity contribution in [3.05, 3.63) is 46.6 Å². The molecule has 5 rings (SSSR count). The van der Waals surface area contributed by atoms with Gasteiger partial charge in [0.25, 0.3) is 0 Å². The third-order valence-electron chi connectivity index (χ3n) is 7.41. The van der Waals surface area contributed by atoms with Gasteiger partial charge in [0.1, 0.15) is 16.6 Å². The fourth-order valence-corrected chi connectivity index (χ4v) is 6.74. The molecular weight excluding hydrogens is 545 g/mol. The minimum Gasteiger partial charge on any atom is -0.488 e. The second-order valence-electron chi connectivity index (χ2n) is 11.0. The molecule has 2 unspecified atom stereocenters. The number of aromatic nitrogens is 2. The van der Waals surface area contributed by atoms with E-state index in [1.54, 1.807) is 45.1 Å². The lowest BCUT2D eigenvalue weighted by Crippen LogP contribution is -2.54. The maximum absolute atomic E-state index is 15.3. The summed E-state index contributed by atoms with van der Waals surface area (Å²) in [5, 5.41) is 7.31. The normalized spacial score (nSPS) is 23.8. The molecule has 13 heteroatoms. The topological polar surface area (TPSA) is 112 Å². The molecular formula is C26H35ClFN7O3S. The highest BCUT2D eigenvalue weighted by Crippen LogP contribution is 2.39. The highest BCUT2D eigenvalue weighted by atomic mass is 35.5. The summed E-state index contributed by atoms with van der Waals surface area (Å²) in [5.74, 6) is 0.711. The molecule has 212 valence electrons. The van der Waals surface area contributed by atoms with Crippen LogP contribution in [0.3, 0.4) is 0 Å². The van der Waals surface area contributed by atoms with Gasteiger partial charge < -0.3 is 25.3 Å². The number of likely N-dealkylation sites (tertiary alicyclic amines) is 1. The van der Waals surface area contributed by atoms with Crippen LogP contribution in [0.25, 0.3) is 0 Å². The molecule has 1 aromatic heterocycles. The molecule has 2 fully saturated rings. The number of benzene rings is 1. The van der Waals surface area contributed by atoms with Gasteiger partial charge in [-0.1, -0.05) is 11.6 Å². The average Bonchev–Trinajstić information content (AvgIpc) is 3.50. The first kappa shape index (κ1) is 27.9. The van der Waals surface area contributed by atoms with Crippen LogP contribution in [-0.2, 0) is 9.84 Å². The van der Waals surface area contributed by atoms with Crippen LogP contribution < -0.4 is 20.8 Å². The Morgan fingerprint density at radius 2 is 1.97 bits per heavy atom. The quantitative estimate of drug-likeness (QED) is 0.399. The lowest BCUT2D eigenvalue weighted by Gasteiger charge is -2.31. The molecule has 1 saturated carbocycles. The molecule has 39 heavy (non-hydrogen) atoms. The number of nitrogens with zero attached hydrogens (tertiary/aromatic N) is 4. The Kier molecular flexibility index (Phi) is 7.42. The number of anilines is 3. The Morgan fingerprint density at radius 1 is 1.23 bits per heavy atom. The first-order chi connectivity index (χ1) is 18.4. The van der Waals surface area contributed by atoms with Gasteiger partial charge in [0.15, 0.2) is 20.5 Å². The number of ether oxygens (including phenoxy) is 1. The smallest absolute Gasteiger partial charge is 0.229 e. The van der Waals surface area contributed by atoms with Gasteiger partial charge in [0.2, 0.25) is 5.95 Å². The van der Waals surface area contributed by atoms with E-state index < -0.39 is 20.0 Å². The van der Waals surface area contributed by atoms with Crippen LogP contribution in [0, 0.1) is 5.82 Å². The van der Waals surface area contributed by atoms with Crippen molar-refractivity contribution in [2.24, 2.45) is 0 Å². The average molecular weight is 580 g/mol. The second kappa shape index (κ2) is 10.4. The van der Waals surface area contributed by atoms with E-state index in [-0.39, 0.29) is 34.6 Å². The summed E-state index contributed by atoms with van der Waals surface area (Å²) < 4.78 is 47.8. The first-order valence-corrected chi connectivity index (χ1v) is 15.0. The molecule has 0 spiro atoms. The van der Waals surface area contributed by atoms with Crippen molar-refractivity contribution in [1.29, 1.82) is 0 Å². The minimum absolute atomic E-state index is 0.107. The fraction of sp³-hybridized carbons (Fsp3) is 0.538. The summed E-state index contributed by atoms with van der Waals surface area (Å²) in [6, 6.07) is 3.23. The molecule has 2 aromatic rings. The lowest BCUT2D eigenvalue weighted by atomic mass is 9.97. The van der Waals surface area contributed by atoms with Crippen LogP contribution >= 0.6 is 11.6 Å². The summed E-state index contributed by atoms with van der Waals surface area (Å²) in [5.41, 5.74) is 4.41. The molecule has 3 heterocycles. The number of halogens is 2. The molecule has 3 N–H and O–H groups in total. The Hall–Kier alpha value is -2.67. The van der Waals surface area contributed by atoms with Crippen molar-refractivity contribution in [3.8, 4) is 5.75 Å². The predicted molar refractivity (Wildman–Crippen MR) is 150 cm³/mol. The van der Waals surface area contributed by atoms with Crippen molar-refractivity contribution in [1.82, 2.24) is 25.3 Å². The van der Waals surface area contributed by atoms with Crippen molar-refractivity contribution < 1.29 is 17.5 Å². The monoisotopic (exact) mass is 579 g/mol. The molecule has 2 aliphatic heterocycles. The second-order valence-corrected chi connectivity index (χ2v) is 14.2. The minimum atomic E-state index is -3.63. The van der Waals surface area contributed by atoms with Crippen LogP contribution in [0.2, 0.25) is 5.02 Å². The first-order valence-electron chi connectivity index (χ1n) is 13.1. The zero-order chi connectivity index (χ0) is 28.1. The number of nitrogens with one attached hydrogen (secondary N) is 3. The zero-order valence-electron chi connectivity index (χ0n) is 22.8. The zero-order valence-corrected chi connectivity index (χ0v) is 24.3. The van der Waals surface area contributed by atoms with Crippen molar-refractivity contribution in [2.75, 3.05) is 37.8 Å². The van der Waals surface area contributed by atoms with E-state index in [1.165, 1.54) is 12.3 Å². The van der Waals surface area contributed by atoms with Gasteiger partial charge in [0, 0.05) is 31.8 Å². The van der Waals surface area contributed by atoms with Gasteiger partial charge in [-0.2, -0.15) is 4.98 Å². The standard InChI is InChI=1S/C26H35ClFN7O3S/c1-15(2)39(36,37)26(3)23(14-35(5)33-26)31-24-19(27)12-29-25(32-24)30-21-11-20(28)18(16-8-9-34(4)13-16)10-22(21)38-17-6-7-17/h10-12,14-17,33H,6-9,13H2,1-5H3,(H2,29,30,31,32). The molecule has 2 atom stereocenters. The third-order valence-corrected chi connectivity index (χ3v) is 10.4. The van der Waals surface area contributed by atoms with Gasteiger partial charge in [-0.15, -0.1) is 0 Å². The van der Waals surface area contributed by atoms with E-state index in [0.29, 0.717) is 22.7 Å². The van der Waals surface area contributed by atoms with Crippen molar-refractivity contribution in [2.45, 2.75) is 62.2 Å². The molecule has 1 saturated heterocycles. The number of sulfone groups is 1. The van der Waals surface area contributed by atoms with E-state index >= 15 is 4.39 Å². The van der Waals surface area contributed by atoms with Crippen LogP contribution in [-0.4, -0.2) is 71.7 Å². The van der Waals surface area contributed by atoms with Crippen LogP contribution in [0.1, 0.15) is 51.5 Å². The van der Waals surface area contributed by atoms with Crippen molar-refractivity contribution >= 4 is 38.9 Å². The third kappa shape index (κ3) is 5.52. The van der Waals surface area contributed by atoms with Gasteiger partial charge >= 0.3 is 0 Å². The number of hydrogen-bond acceptors (Lipinski definition) is 10. The summed E-state index contributed by atoms with van der Waals surface area (Å²) in [6.07, 6.45) is 5.96. The molecule has 3 aliphatic rings. The lowest BCUT2D eigenvalue weighted by molar-refractivity contribution is 0.303. The van der Waals surface area contributed by atoms with E-state index in [1.807, 2.05) is 7.05 Å². The van der Waals surface area contributed by atoms with E-state index in [4.69, 9.17) is 16.3 Å². The summed E-state index contributed by atoms with van der Waals surface area (Å²) in [7, 11) is 0.119. The van der Waals surface area contributed by atoms with Crippen LogP contribution in [0.4, 0.5) is 21.8 Å². The number of hydrogen-bond donors (Lipinski definition) is 3. The predicted octanol–water partition coefficient (Wildman–Crippen LogP) is 4.22. The molecule has 0 radical (unpaired) electrons. The van der Waals surface area contributed by atoms with E-state index in [2.05, 4.69) is 30.9 Å². The number of likely N-dealkylation sites (N-methyl/N-ethyl adjacent to an activating group) is 1. The Morgan fingerprint density at radius 3 is 2.62 bits per heavy atom. The molecule has 1 aliphatic carbocycles. The molecule has 0 bridgehead atoms. The Bertz CT molecular complexity index is 1400. The molecule has 1 aromatic carbocycles. The molecule has 0 amide bonds. The Balaban J connectivity index is 1.43. The SMILES string of the molecule is CC(C)S(=O)(=O)C1(C)NN(C)C=C1Nc1nc(Nc2cc(F)c(C3CCN(C)C3)cc2OC2CC2)ncc1Cl. The molecule has 10 nitrogen and oxygen atoms in total. The van der Waals surface area contributed by atoms with Crippen LogP contribution in [0.5, 0.6) is 5.75 Å². The highest BCUT2D eigenvalue weighted by Gasteiger charge is 2.48. The van der Waals surface area contributed by atoms with E-state index in [9.17, 15) is 8.42 Å². The van der Waals surface area contributed by atoms with Gasteiger partial charge in [-0.05, 0) is 65.3 Å². The van der Waals surface area contributed by atoms with Crippen molar-refractivity contribution in [3.63, 3.8) is 0 Å². The van der Waals surface area contributed by atoms with Gasteiger partial charge in [0.05, 0.1) is 28.9 Å². The number of hydrazine groups is 1. The van der Waals surface area contributed by atoms with Gasteiger partial charge in [-0.3, -0.25) is 0 Å². The summed E-state index contributed by atoms with van der Waals surface area (Å²) in [4.78, 5) is 9.53. The highest BCUT2D eigenvalue weighted by molar-refractivity contribution is 7.93. The van der Waals surface area contributed by atoms with E-state index in [0.717, 1.165) is 32.4 Å². The maximum Gasteiger partial charge on any atom is 0.229 e. The summed E-state index contributed by atoms with van der Waals surface area (Å²) in [6.45, 7) is 6.58. The maximum atomic E-state index is 15.3.